The van der Waals surface area contributed by atoms with E-state index in [1.165, 1.54) is 16.2 Å². The van der Waals surface area contributed by atoms with Crippen molar-refractivity contribution in [2.75, 3.05) is 24.3 Å². The van der Waals surface area contributed by atoms with Gasteiger partial charge in [0, 0.05) is 43.3 Å². The van der Waals surface area contributed by atoms with Gasteiger partial charge in [-0.1, -0.05) is 13.8 Å². The second-order valence-corrected chi connectivity index (χ2v) is 10.3. The van der Waals surface area contributed by atoms with Gasteiger partial charge in [0.15, 0.2) is 0 Å². The lowest BCUT2D eigenvalue weighted by Gasteiger charge is -2.29. The fourth-order valence-electron chi connectivity index (χ4n) is 4.13. The molecule has 5 amide bonds. The van der Waals surface area contributed by atoms with Gasteiger partial charge in [-0.2, -0.15) is 0 Å². The second kappa shape index (κ2) is 9.46. The Balaban J connectivity index is 1.36. The Morgan fingerprint density at radius 1 is 1.21 bits per heavy atom. The van der Waals surface area contributed by atoms with E-state index in [9.17, 15) is 19.2 Å². The van der Waals surface area contributed by atoms with Crippen LogP contribution in [0.4, 0.5) is 16.2 Å². The van der Waals surface area contributed by atoms with Crippen LogP contribution in [-0.2, 0) is 22.7 Å². The Kier molecular flexibility index (Phi) is 6.60. The summed E-state index contributed by atoms with van der Waals surface area (Å²) in [5.41, 5.74) is 3.71. The Morgan fingerprint density at radius 3 is 2.62 bits per heavy atom. The molecule has 1 atom stereocenters. The van der Waals surface area contributed by atoms with E-state index in [1.54, 1.807) is 0 Å². The van der Waals surface area contributed by atoms with E-state index in [-0.39, 0.29) is 24.3 Å². The van der Waals surface area contributed by atoms with Gasteiger partial charge in [0.1, 0.15) is 6.04 Å². The van der Waals surface area contributed by atoms with Crippen molar-refractivity contribution in [1.29, 1.82) is 0 Å². The number of thiophene rings is 1. The van der Waals surface area contributed by atoms with E-state index >= 15 is 0 Å². The van der Waals surface area contributed by atoms with E-state index in [4.69, 9.17) is 0 Å². The van der Waals surface area contributed by atoms with Gasteiger partial charge in [-0.3, -0.25) is 19.7 Å². The molecule has 1 unspecified atom stereocenters. The summed E-state index contributed by atoms with van der Waals surface area (Å²) < 4.78 is 0. The van der Waals surface area contributed by atoms with Gasteiger partial charge in [-0.05, 0) is 47.7 Å². The number of nitrogens with one attached hydrogen (secondary N) is 3. The molecule has 0 radical (unpaired) electrons. The summed E-state index contributed by atoms with van der Waals surface area (Å²) in [5, 5.41) is 8.06. The number of piperidine rings is 1. The molecule has 0 bridgehead atoms. The lowest BCUT2D eigenvalue weighted by Crippen LogP contribution is -2.52. The average molecular weight is 484 g/mol. The molecule has 2 aliphatic rings. The Labute approximate surface area is 202 Å². The first-order chi connectivity index (χ1) is 16.1. The highest BCUT2D eigenvalue weighted by Gasteiger charge is 2.40. The highest BCUT2D eigenvalue weighted by molar-refractivity contribution is 7.14. The summed E-state index contributed by atoms with van der Waals surface area (Å²) in [6.07, 6.45) is 0.571. The van der Waals surface area contributed by atoms with E-state index in [1.807, 2.05) is 37.2 Å². The van der Waals surface area contributed by atoms with Gasteiger partial charge in [-0.25, -0.2) is 4.79 Å². The Bertz CT molecular complexity index is 1130. The van der Waals surface area contributed by atoms with E-state index < -0.39 is 11.9 Å². The van der Waals surface area contributed by atoms with Crippen molar-refractivity contribution in [1.82, 2.24) is 15.5 Å². The van der Waals surface area contributed by atoms with Gasteiger partial charge >= 0.3 is 6.03 Å². The number of carbonyl (C=O) groups is 4. The van der Waals surface area contributed by atoms with Crippen molar-refractivity contribution in [2.24, 2.45) is 0 Å². The summed E-state index contributed by atoms with van der Waals surface area (Å²) >= 11 is 1.32. The smallest absolute Gasteiger partial charge is 0.319 e. The summed E-state index contributed by atoms with van der Waals surface area (Å²) in [4.78, 5) is 53.9. The molecule has 10 heteroatoms. The first-order valence-corrected chi connectivity index (χ1v) is 12.1. The van der Waals surface area contributed by atoms with Gasteiger partial charge in [-0.15, -0.1) is 11.3 Å². The third kappa shape index (κ3) is 4.91. The first-order valence-electron chi connectivity index (χ1n) is 11.3. The summed E-state index contributed by atoms with van der Waals surface area (Å²) in [7, 11) is 3.92. The van der Waals surface area contributed by atoms with Crippen LogP contribution >= 0.6 is 11.3 Å². The molecule has 0 aliphatic carbocycles. The zero-order chi connectivity index (χ0) is 24.6. The van der Waals surface area contributed by atoms with Crippen molar-refractivity contribution in [3.8, 4) is 0 Å². The first kappa shape index (κ1) is 23.7. The molecule has 1 fully saturated rings. The van der Waals surface area contributed by atoms with Crippen LogP contribution in [0.1, 0.15) is 58.3 Å². The SMILES string of the molecule is CC(C)c1cc(NC(=O)NCc2cc3c(s2)C(=O)N(C2CCC(=O)NC2=O)C3)cc(N(C)C)c1. The molecular weight excluding hydrogens is 454 g/mol. The fraction of sp³-hybridized carbons (Fsp3) is 0.417. The minimum Gasteiger partial charge on any atom is -0.378 e. The second-order valence-electron chi connectivity index (χ2n) is 9.14. The number of imide groups is 1. The largest absolute Gasteiger partial charge is 0.378 e. The number of hydrogen-bond donors (Lipinski definition) is 3. The minimum atomic E-state index is -0.620. The molecule has 2 aromatic rings. The molecule has 180 valence electrons. The van der Waals surface area contributed by atoms with Crippen molar-refractivity contribution in [2.45, 2.75) is 51.7 Å². The molecule has 3 N–H and O–H groups in total. The summed E-state index contributed by atoms with van der Waals surface area (Å²) in [6.45, 7) is 4.84. The minimum absolute atomic E-state index is 0.202. The van der Waals surface area contributed by atoms with Gasteiger partial charge in [0.2, 0.25) is 11.8 Å². The van der Waals surface area contributed by atoms with Crippen LogP contribution in [0.2, 0.25) is 0 Å². The van der Waals surface area contributed by atoms with Crippen LogP contribution in [0.15, 0.2) is 24.3 Å². The third-order valence-electron chi connectivity index (χ3n) is 6.05. The number of nitrogens with zero attached hydrogens (tertiary/aromatic N) is 2. The average Bonchev–Trinajstić information content (AvgIpc) is 3.31. The highest BCUT2D eigenvalue weighted by atomic mass is 32.1. The standard InChI is InChI=1S/C24H29N5O4S/c1-13(2)14-7-16(10-17(8-14)28(3)4)26-24(33)25-11-18-9-15-12-29(23(32)21(15)34-18)19-5-6-20(30)27-22(19)31/h7-10,13,19H,5-6,11-12H2,1-4H3,(H2,25,26,33)(H,27,30,31). The zero-order valence-electron chi connectivity index (χ0n) is 19.7. The number of benzene rings is 1. The van der Waals surface area contributed by atoms with Crippen molar-refractivity contribution in [3.63, 3.8) is 0 Å². The molecular formula is C24H29N5O4S. The molecule has 1 aromatic heterocycles. The van der Waals surface area contributed by atoms with E-state index in [0.717, 1.165) is 27.4 Å². The van der Waals surface area contributed by atoms with E-state index in [2.05, 4.69) is 35.9 Å². The number of amides is 5. The maximum absolute atomic E-state index is 12.9. The lowest BCUT2D eigenvalue weighted by atomic mass is 10.0. The quantitative estimate of drug-likeness (QED) is 0.547. The van der Waals surface area contributed by atoms with Crippen LogP contribution in [0, 0.1) is 0 Å². The van der Waals surface area contributed by atoms with Crippen molar-refractivity contribution in [3.05, 3.63) is 45.1 Å². The molecule has 9 nitrogen and oxygen atoms in total. The predicted octanol–water partition coefficient (Wildman–Crippen LogP) is 3.02. The predicted molar refractivity (Wildman–Crippen MR) is 131 cm³/mol. The number of rotatable bonds is 6. The van der Waals surface area contributed by atoms with Crippen LogP contribution in [0.5, 0.6) is 0 Å². The number of carbonyl (C=O) groups excluding carboxylic acids is 4. The number of urea groups is 1. The van der Waals surface area contributed by atoms with Crippen LogP contribution < -0.4 is 20.9 Å². The Morgan fingerprint density at radius 2 is 1.97 bits per heavy atom. The molecule has 3 heterocycles. The van der Waals surface area contributed by atoms with Crippen LogP contribution in [-0.4, -0.2) is 48.8 Å². The maximum Gasteiger partial charge on any atom is 0.319 e. The van der Waals surface area contributed by atoms with Crippen molar-refractivity contribution < 1.29 is 19.2 Å². The van der Waals surface area contributed by atoms with E-state index in [0.29, 0.717) is 30.3 Å². The third-order valence-corrected chi connectivity index (χ3v) is 7.21. The van der Waals surface area contributed by atoms with Crippen molar-refractivity contribution >= 4 is 46.5 Å². The normalized spacial score (nSPS) is 17.6. The topological polar surface area (TPSA) is 111 Å². The van der Waals surface area contributed by atoms with Crippen LogP contribution in [0.3, 0.4) is 0 Å². The number of hydrogen-bond acceptors (Lipinski definition) is 6. The molecule has 2 aliphatic heterocycles. The fourth-order valence-corrected chi connectivity index (χ4v) is 5.20. The summed E-state index contributed by atoms with van der Waals surface area (Å²) in [6, 6.07) is 6.96. The monoisotopic (exact) mass is 483 g/mol. The Hall–Kier alpha value is -3.40. The van der Waals surface area contributed by atoms with Gasteiger partial charge < -0.3 is 20.4 Å². The molecule has 4 rings (SSSR count). The van der Waals surface area contributed by atoms with Gasteiger partial charge in [0.25, 0.3) is 5.91 Å². The van der Waals surface area contributed by atoms with Gasteiger partial charge in [0.05, 0.1) is 11.4 Å². The molecule has 0 spiro atoms. The molecule has 34 heavy (non-hydrogen) atoms. The molecule has 1 aromatic carbocycles. The summed E-state index contributed by atoms with van der Waals surface area (Å²) in [5.74, 6) is -0.596. The lowest BCUT2D eigenvalue weighted by molar-refractivity contribution is -0.136. The molecule has 1 saturated heterocycles. The molecule has 0 saturated carbocycles. The number of anilines is 2. The van der Waals surface area contributed by atoms with Crippen LogP contribution in [0.25, 0.3) is 0 Å². The maximum atomic E-state index is 12.9. The zero-order valence-corrected chi connectivity index (χ0v) is 20.5. The number of fused-ring (bicyclic) bond motifs is 1. The highest BCUT2D eigenvalue weighted by Crippen LogP contribution is 2.33.